The van der Waals surface area contributed by atoms with E-state index in [9.17, 15) is 5.11 Å². The van der Waals surface area contributed by atoms with Crippen LogP contribution < -0.4 is 24.3 Å². The molecule has 29 heavy (non-hydrogen) atoms. The monoisotopic (exact) mass is 401 g/mol. The largest absolute Gasteiger partial charge is 0.497 e. The Morgan fingerprint density at radius 3 is 1.45 bits per heavy atom. The molecule has 1 aliphatic rings. The Labute approximate surface area is 172 Å². The molecule has 2 aromatic rings. The summed E-state index contributed by atoms with van der Waals surface area (Å²) < 4.78 is 22.1. The predicted octanol–water partition coefficient (Wildman–Crippen LogP) is 3.74. The number of nitrogens with one attached hydrogen (secondary N) is 1. The van der Waals surface area contributed by atoms with Gasteiger partial charge in [0, 0.05) is 35.0 Å². The minimum absolute atomic E-state index is 0.0288. The van der Waals surface area contributed by atoms with E-state index in [2.05, 4.69) is 19.2 Å². The van der Waals surface area contributed by atoms with Crippen molar-refractivity contribution in [3.8, 4) is 23.0 Å². The number of methoxy groups -OCH3 is 4. The highest BCUT2D eigenvalue weighted by molar-refractivity contribution is 5.46. The third-order valence-corrected chi connectivity index (χ3v) is 6.03. The minimum Gasteiger partial charge on any atom is -0.497 e. The zero-order valence-electron chi connectivity index (χ0n) is 17.9. The van der Waals surface area contributed by atoms with E-state index in [1.54, 1.807) is 28.4 Å². The van der Waals surface area contributed by atoms with Gasteiger partial charge in [0.2, 0.25) is 0 Å². The van der Waals surface area contributed by atoms with Crippen LogP contribution in [0.5, 0.6) is 23.0 Å². The summed E-state index contributed by atoms with van der Waals surface area (Å²) in [5.74, 6) is 2.95. The number of benzene rings is 2. The molecular weight excluding hydrogens is 370 g/mol. The zero-order chi connectivity index (χ0) is 21.1. The van der Waals surface area contributed by atoms with Crippen molar-refractivity contribution in [2.24, 2.45) is 11.8 Å². The highest BCUT2D eigenvalue weighted by Crippen LogP contribution is 2.45. The molecule has 0 aliphatic carbocycles. The van der Waals surface area contributed by atoms with Gasteiger partial charge in [0.15, 0.2) is 0 Å². The molecular formula is C23H31NO5. The third-order valence-electron chi connectivity index (χ3n) is 6.03. The zero-order valence-corrected chi connectivity index (χ0v) is 17.9. The van der Waals surface area contributed by atoms with Gasteiger partial charge in [0.1, 0.15) is 23.0 Å². The molecule has 2 N–H and O–H groups in total. The predicted molar refractivity (Wildman–Crippen MR) is 112 cm³/mol. The summed E-state index contributed by atoms with van der Waals surface area (Å²) in [5.41, 5.74) is 1.91. The van der Waals surface area contributed by atoms with Gasteiger partial charge < -0.3 is 29.4 Å². The maximum Gasteiger partial charge on any atom is 0.123 e. The molecule has 1 heterocycles. The number of hydrogen-bond donors (Lipinski definition) is 2. The Kier molecular flexibility index (Phi) is 6.55. The highest BCUT2D eigenvalue weighted by Gasteiger charge is 2.42. The second-order valence-corrected chi connectivity index (χ2v) is 7.55. The van der Waals surface area contributed by atoms with E-state index in [0.717, 1.165) is 34.1 Å². The normalized spacial score (nSPS) is 26.7. The number of ether oxygens (including phenoxy) is 4. The fourth-order valence-corrected chi connectivity index (χ4v) is 4.28. The van der Waals surface area contributed by atoms with Gasteiger partial charge in [-0.3, -0.25) is 0 Å². The number of aliphatic hydroxyl groups is 1. The molecule has 0 bridgehead atoms. The summed E-state index contributed by atoms with van der Waals surface area (Å²) in [7, 11) is 6.59. The number of hydrogen-bond acceptors (Lipinski definition) is 6. The fraction of sp³-hybridized carbons (Fsp3) is 0.478. The van der Waals surface area contributed by atoms with E-state index in [0.29, 0.717) is 0 Å². The number of piperidine rings is 1. The van der Waals surface area contributed by atoms with Crippen LogP contribution in [0.4, 0.5) is 0 Å². The molecule has 0 aromatic heterocycles. The van der Waals surface area contributed by atoms with E-state index >= 15 is 0 Å². The van der Waals surface area contributed by atoms with E-state index in [1.165, 1.54) is 0 Å². The first-order chi connectivity index (χ1) is 13.9. The molecule has 2 aromatic carbocycles. The van der Waals surface area contributed by atoms with Crippen LogP contribution in [-0.4, -0.2) is 39.6 Å². The van der Waals surface area contributed by atoms with Gasteiger partial charge in [-0.15, -0.1) is 0 Å². The smallest absolute Gasteiger partial charge is 0.123 e. The van der Waals surface area contributed by atoms with Gasteiger partial charge in [-0.05, 0) is 36.4 Å². The molecule has 1 aliphatic heterocycles. The fourth-order valence-electron chi connectivity index (χ4n) is 4.28. The summed E-state index contributed by atoms with van der Waals surface area (Å²) >= 11 is 0. The van der Waals surface area contributed by atoms with E-state index < -0.39 is 6.10 Å². The lowest BCUT2D eigenvalue weighted by atomic mass is 9.74. The summed E-state index contributed by atoms with van der Waals surface area (Å²) in [6.45, 7) is 4.10. The maximum absolute atomic E-state index is 11.1. The Morgan fingerprint density at radius 1 is 0.690 bits per heavy atom. The van der Waals surface area contributed by atoms with Gasteiger partial charge in [0.25, 0.3) is 0 Å². The van der Waals surface area contributed by atoms with Crippen molar-refractivity contribution in [1.82, 2.24) is 5.32 Å². The van der Waals surface area contributed by atoms with Crippen LogP contribution >= 0.6 is 0 Å². The quantitative estimate of drug-likeness (QED) is 0.769. The summed E-state index contributed by atoms with van der Waals surface area (Å²) in [5, 5.41) is 14.8. The Bertz CT molecular complexity index is 773. The highest BCUT2D eigenvalue weighted by atomic mass is 16.5. The molecule has 1 fully saturated rings. The molecule has 6 nitrogen and oxygen atoms in total. The van der Waals surface area contributed by atoms with Crippen LogP contribution in [0.25, 0.3) is 0 Å². The van der Waals surface area contributed by atoms with Crippen LogP contribution in [0.15, 0.2) is 36.4 Å². The standard InChI is InChI=1S/C23H31NO5/c1-13-21(17-11-15(26-3)7-9-19(17)28-5)24-22(14(2)23(13)25)18-12-16(27-4)8-10-20(18)29-6/h7-14,21-25H,1-6H3/t13-,14+,21+,22-,23?. The van der Waals surface area contributed by atoms with Crippen LogP contribution in [0.2, 0.25) is 0 Å². The topological polar surface area (TPSA) is 69.2 Å². The first-order valence-electron chi connectivity index (χ1n) is 9.83. The van der Waals surface area contributed by atoms with Crippen molar-refractivity contribution in [2.75, 3.05) is 28.4 Å². The van der Waals surface area contributed by atoms with Gasteiger partial charge in [-0.2, -0.15) is 0 Å². The second kappa shape index (κ2) is 8.93. The van der Waals surface area contributed by atoms with Crippen molar-refractivity contribution in [2.45, 2.75) is 32.0 Å². The lowest BCUT2D eigenvalue weighted by Crippen LogP contribution is -2.49. The molecule has 5 atom stereocenters. The van der Waals surface area contributed by atoms with Crippen molar-refractivity contribution < 1.29 is 24.1 Å². The van der Waals surface area contributed by atoms with Gasteiger partial charge >= 0.3 is 0 Å². The van der Waals surface area contributed by atoms with Crippen molar-refractivity contribution in [1.29, 1.82) is 0 Å². The third kappa shape index (κ3) is 4.00. The van der Waals surface area contributed by atoms with E-state index in [4.69, 9.17) is 18.9 Å². The SMILES string of the molecule is COc1ccc(OC)c([C@H]2N[C@@H](c3cc(OC)ccc3OC)[C@H](C)C(O)[C@@H]2C)c1. The molecule has 0 radical (unpaired) electrons. The van der Waals surface area contributed by atoms with Gasteiger partial charge in [-0.25, -0.2) is 0 Å². The van der Waals surface area contributed by atoms with Crippen LogP contribution in [-0.2, 0) is 0 Å². The summed E-state index contributed by atoms with van der Waals surface area (Å²) in [4.78, 5) is 0. The molecule has 0 amide bonds. The van der Waals surface area contributed by atoms with Crippen molar-refractivity contribution in [3.63, 3.8) is 0 Å². The Hall–Kier alpha value is -2.44. The Balaban J connectivity index is 2.07. The molecule has 0 saturated carbocycles. The van der Waals surface area contributed by atoms with Crippen molar-refractivity contribution in [3.05, 3.63) is 47.5 Å². The summed E-state index contributed by atoms with van der Waals surface area (Å²) in [6, 6.07) is 11.2. The lowest BCUT2D eigenvalue weighted by Gasteiger charge is -2.44. The lowest BCUT2D eigenvalue weighted by molar-refractivity contribution is -0.00770. The minimum atomic E-state index is -0.516. The molecule has 0 spiro atoms. The van der Waals surface area contributed by atoms with Crippen molar-refractivity contribution >= 4 is 0 Å². The van der Waals surface area contributed by atoms with E-state index in [-0.39, 0.29) is 23.9 Å². The molecule has 1 unspecified atom stereocenters. The number of rotatable bonds is 6. The molecule has 158 valence electrons. The average molecular weight is 402 g/mol. The maximum atomic E-state index is 11.1. The Morgan fingerprint density at radius 2 is 1.10 bits per heavy atom. The van der Waals surface area contributed by atoms with Crippen LogP contribution in [0, 0.1) is 11.8 Å². The molecule has 3 rings (SSSR count). The average Bonchev–Trinajstić information content (AvgIpc) is 2.76. The first kappa shape index (κ1) is 21.3. The second-order valence-electron chi connectivity index (χ2n) is 7.55. The van der Waals surface area contributed by atoms with Gasteiger partial charge in [0.05, 0.1) is 34.5 Å². The molecule has 1 saturated heterocycles. The van der Waals surface area contributed by atoms with Crippen LogP contribution in [0.1, 0.15) is 37.1 Å². The number of aliphatic hydroxyl groups excluding tert-OH is 1. The summed E-state index contributed by atoms with van der Waals surface area (Å²) in [6.07, 6.45) is -0.516. The molecule has 6 heteroatoms. The van der Waals surface area contributed by atoms with Crippen LogP contribution in [0.3, 0.4) is 0 Å². The van der Waals surface area contributed by atoms with Gasteiger partial charge in [-0.1, -0.05) is 13.8 Å². The van der Waals surface area contributed by atoms with E-state index in [1.807, 2.05) is 36.4 Å². The first-order valence-corrected chi connectivity index (χ1v) is 9.83.